The molecule has 1 heteroatoms. The average Bonchev–Trinajstić information content (AvgIpc) is 2.68. The lowest BCUT2D eigenvalue weighted by molar-refractivity contribution is 1.45. The van der Waals surface area contributed by atoms with Gasteiger partial charge < -0.3 is 0 Å². The fourth-order valence-electron chi connectivity index (χ4n) is 3.62. The lowest BCUT2D eigenvalue weighted by Gasteiger charge is -2.17. The van der Waals surface area contributed by atoms with E-state index in [-0.39, 0.29) is 0 Å². The fourth-order valence-corrected chi connectivity index (χ4v) is 4.39. The molecular formula is C25H19Br. The Morgan fingerprint density at radius 2 is 1.54 bits per heavy atom. The molecule has 0 fully saturated rings. The first-order chi connectivity index (χ1) is 12.7. The van der Waals surface area contributed by atoms with E-state index in [9.17, 15) is 0 Å². The maximum atomic E-state index is 3.82. The van der Waals surface area contributed by atoms with Crippen LogP contribution >= 0.6 is 15.9 Å². The van der Waals surface area contributed by atoms with Crippen LogP contribution in [0.3, 0.4) is 0 Å². The molecule has 0 amide bonds. The molecule has 0 bridgehead atoms. The number of fused-ring (bicyclic) bond motifs is 2. The molecule has 0 saturated heterocycles. The Hall–Kier alpha value is -2.64. The largest absolute Gasteiger partial charge is 0.0991 e. The van der Waals surface area contributed by atoms with Crippen molar-refractivity contribution >= 4 is 43.6 Å². The quantitative estimate of drug-likeness (QED) is 0.307. The summed E-state index contributed by atoms with van der Waals surface area (Å²) in [5.74, 6) is 0. The second kappa shape index (κ2) is 6.93. The molecule has 4 aromatic rings. The average molecular weight is 399 g/mol. The van der Waals surface area contributed by atoms with E-state index in [2.05, 4.69) is 102 Å². The van der Waals surface area contributed by atoms with Crippen molar-refractivity contribution in [3.63, 3.8) is 0 Å². The van der Waals surface area contributed by atoms with Gasteiger partial charge in [0.15, 0.2) is 0 Å². The first kappa shape index (κ1) is 16.8. The molecule has 26 heavy (non-hydrogen) atoms. The van der Waals surface area contributed by atoms with Crippen LogP contribution in [-0.4, -0.2) is 0 Å². The van der Waals surface area contributed by atoms with Gasteiger partial charge in [-0.25, -0.2) is 0 Å². The van der Waals surface area contributed by atoms with Gasteiger partial charge >= 0.3 is 0 Å². The Kier molecular flexibility index (Phi) is 4.48. The van der Waals surface area contributed by atoms with Gasteiger partial charge in [0.1, 0.15) is 0 Å². The molecule has 0 aliphatic heterocycles. The zero-order valence-electron chi connectivity index (χ0n) is 14.7. The van der Waals surface area contributed by atoms with E-state index in [1.54, 1.807) is 0 Å². The van der Waals surface area contributed by atoms with Crippen LogP contribution in [0.5, 0.6) is 0 Å². The fraction of sp³-hybridized carbons (Fsp3) is 0.0400. The van der Waals surface area contributed by atoms with Crippen LogP contribution in [0.15, 0.2) is 89.9 Å². The third-order valence-electron chi connectivity index (χ3n) is 4.89. The highest BCUT2D eigenvalue weighted by Crippen LogP contribution is 2.40. The highest BCUT2D eigenvalue weighted by molar-refractivity contribution is 9.10. The van der Waals surface area contributed by atoms with Crippen molar-refractivity contribution in [1.82, 2.24) is 0 Å². The van der Waals surface area contributed by atoms with Crippen molar-refractivity contribution in [3.8, 4) is 11.1 Å². The van der Waals surface area contributed by atoms with E-state index >= 15 is 0 Å². The minimum atomic E-state index is 1.13. The topological polar surface area (TPSA) is 0 Å². The molecule has 0 atom stereocenters. The van der Waals surface area contributed by atoms with E-state index in [0.29, 0.717) is 0 Å². The predicted octanol–water partition coefficient (Wildman–Crippen LogP) is 7.93. The molecule has 0 aliphatic carbocycles. The minimum absolute atomic E-state index is 1.13. The third-order valence-corrected chi connectivity index (χ3v) is 5.74. The second-order valence-electron chi connectivity index (χ2n) is 6.43. The van der Waals surface area contributed by atoms with Gasteiger partial charge in [0.2, 0.25) is 0 Å². The molecule has 0 radical (unpaired) electrons. The van der Waals surface area contributed by atoms with E-state index in [1.807, 2.05) is 12.2 Å². The minimum Gasteiger partial charge on any atom is -0.0991 e. The number of hydrogen-bond donors (Lipinski definition) is 0. The number of benzene rings is 4. The molecule has 0 spiro atoms. The number of rotatable bonds is 3. The van der Waals surface area contributed by atoms with Crippen LogP contribution < -0.4 is 0 Å². The molecule has 0 unspecified atom stereocenters. The highest BCUT2D eigenvalue weighted by atomic mass is 79.9. The molecular weight excluding hydrogens is 380 g/mol. The van der Waals surface area contributed by atoms with Gasteiger partial charge in [-0.05, 0) is 72.7 Å². The van der Waals surface area contributed by atoms with E-state index in [1.165, 1.54) is 43.8 Å². The summed E-state index contributed by atoms with van der Waals surface area (Å²) in [4.78, 5) is 0. The van der Waals surface area contributed by atoms with Gasteiger partial charge in [0.05, 0.1) is 0 Å². The molecule has 0 aromatic heterocycles. The zero-order chi connectivity index (χ0) is 18.1. The van der Waals surface area contributed by atoms with Crippen molar-refractivity contribution in [1.29, 1.82) is 0 Å². The van der Waals surface area contributed by atoms with Crippen molar-refractivity contribution < 1.29 is 0 Å². The maximum Gasteiger partial charge on any atom is 0.0329 e. The monoisotopic (exact) mass is 398 g/mol. The Morgan fingerprint density at radius 1 is 0.846 bits per heavy atom. The summed E-state index contributed by atoms with van der Waals surface area (Å²) in [6.07, 6.45) is 5.94. The SMILES string of the molecule is C=C/C=C\c1c(C)c(-c2ccc3ccccc3c2)c2ccccc2c1Br. The van der Waals surface area contributed by atoms with Crippen LogP contribution in [-0.2, 0) is 0 Å². The predicted molar refractivity (Wildman–Crippen MR) is 119 cm³/mol. The lowest BCUT2D eigenvalue weighted by atomic mass is 9.89. The smallest absolute Gasteiger partial charge is 0.0329 e. The molecule has 0 aliphatic rings. The summed E-state index contributed by atoms with van der Waals surface area (Å²) < 4.78 is 1.13. The molecule has 4 aromatic carbocycles. The summed E-state index contributed by atoms with van der Waals surface area (Å²) in [6, 6.07) is 23.8. The van der Waals surface area contributed by atoms with Crippen molar-refractivity contribution in [2.45, 2.75) is 6.92 Å². The normalized spacial score (nSPS) is 11.5. The van der Waals surface area contributed by atoms with Crippen molar-refractivity contribution in [2.24, 2.45) is 0 Å². The van der Waals surface area contributed by atoms with Crippen molar-refractivity contribution in [2.75, 3.05) is 0 Å². The number of allylic oxidation sites excluding steroid dienone is 2. The van der Waals surface area contributed by atoms with Crippen molar-refractivity contribution in [3.05, 3.63) is 101 Å². The van der Waals surface area contributed by atoms with Gasteiger partial charge in [0.25, 0.3) is 0 Å². The summed E-state index contributed by atoms with van der Waals surface area (Å²) in [5.41, 5.74) is 5.01. The molecule has 0 nitrogen and oxygen atoms in total. The molecule has 0 heterocycles. The second-order valence-corrected chi connectivity index (χ2v) is 7.22. The standard InChI is InChI=1S/C25H19Br/c1-3-4-11-21-17(2)24(22-12-7-8-13-23(22)25(21)26)20-15-14-18-9-5-6-10-19(18)16-20/h3-16H,1H2,2H3/b11-4-. The van der Waals surface area contributed by atoms with E-state index < -0.39 is 0 Å². The van der Waals surface area contributed by atoms with E-state index in [4.69, 9.17) is 0 Å². The van der Waals surface area contributed by atoms with Gasteiger partial charge in [0, 0.05) is 4.47 Å². The summed E-state index contributed by atoms with van der Waals surface area (Å²) >= 11 is 3.82. The Morgan fingerprint density at radius 3 is 2.31 bits per heavy atom. The molecule has 0 saturated carbocycles. The molecule has 126 valence electrons. The van der Waals surface area contributed by atoms with Crippen LogP contribution in [0.1, 0.15) is 11.1 Å². The van der Waals surface area contributed by atoms with E-state index in [0.717, 1.165) is 4.47 Å². The molecule has 4 rings (SSSR count). The highest BCUT2D eigenvalue weighted by Gasteiger charge is 2.15. The molecule has 0 N–H and O–H groups in total. The van der Waals surface area contributed by atoms with Crippen LogP contribution in [0.4, 0.5) is 0 Å². The Balaban J connectivity index is 2.10. The number of halogens is 1. The lowest BCUT2D eigenvalue weighted by Crippen LogP contribution is -1.93. The Bertz CT molecular complexity index is 1170. The maximum absolute atomic E-state index is 3.82. The van der Waals surface area contributed by atoms with Gasteiger partial charge in [-0.15, -0.1) is 0 Å². The van der Waals surface area contributed by atoms with Crippen LogP contribution in [0.25, 0.3) is 38.7 Å². The van der Waals surface area contributed by atoms with Crippen LogP contribution in [0, 0.1) is 6.92 Å². The van der Waals surface area contributed by atoms with Gasteiger partial charge in [-0.2, -0.15) is 0 Å². The van der Waals surface area contributed by atoms with Gasteiger partial charge in [-0.3, -0.25) is 0 Å². The summed E-state index contributed by atoms with van der Waals surface area (Å²) in [6.45, 7) is 6.01. The third kappa shape index (κ3) is 2.79. The summed E-state index contributed by atoms with van der Waals surface area (Å²) in [5, 5.41) is 5.02. The first-order valence-corrected chi connectivity index (χ1v) is 9.49. The zero-order valence-corrected chi connectivity index (χ0v) is 16.3. The Labute approximate surface area is 162 Å². The summed E-state index contributed by atoms with van der Waals surface area (Å²) in [7, 11) is 0. The first-order valence-electron chi connectivity index (χ1n) is 8.70. The van der Waals surface area contributed by atoms with Gasteiger partial charge in [-0.1, -0.05) is 85.5 Å². The number of hydrogen-bond acceptors (Lipinski definition) is 0. The van der Waals surface area contributed by atoms with Crippen LogP contribution in [0.2, 0.25) is 0 Å².